The molecule has 0 radical (unpaired) electrons. The van der Waals surface area contributed by atoms with Gasteiger partial charge in [0, 0.05) is 27.8 Å². The van der Waals surface area contributed by atoms with Crippen molar-refractivity contribution >= 4 is 10.8 Å². The summed E-state index contributed by atoms with van der Waals surface area (Å²) >= 11 is 0. The smallest absolute Gasteiger partial charge is 0.0488 e. The van der Waals surface area contributed by atoms with Crippen LogP contribution in [0.25, 0.3) is 0 Å². The van der Waals surface area contributed by atoms with Gasteiger partial charge in [0.1, 0.15) is 0 Å². The van der Waals surface area contributed by atoms with Crippen molar-refractivity contribution in [2.45, 2.75) is 57.1 Å². The van der Waals surface area contributed by atoms with Crippen molar-refractivity contribution in [3.63, 3.8) is 0 Å². The molecule has 1 aromatic rings. The van der Waals surface area contributed by atoms with E-state index in [-0.39, 0.29) is 0 Å². The monoisotopic (exact) mass is 279 g/mol. The van der Waals surface area contributed by atoms with Gasteiger partial charge in [0.05, 0.1) is 0 Å². The molecular formula is C16H25NOS. The first kappa shape index (κ1) is 14.7. The summed E-state index contributed by atoms with van der Waals surface area (Å²) in [6.45, 7) is 7.37. The maximum atomic E-state index is 12.5. The van der Waals surface area contributed by atoms with E-state index < -0.39 is 10.8 Å². The van der Waals surface area contributed by atoms with E-state index >= 15 is 0 Å². The minimum Gasteiger partial charge on any atom is -0.314 e. The molecule has 1 N–H and O–H groups in total. The lowest BCUT2D eigenvalue weighted by Crippen LogP contribution is -2.27. The number of benzene rings is 1. The summed E-state index contributed by atoms with van der Waals surface area (Å²) in [5.74, 6) is 0.714. The summed E-state index contributed by atoms with van der Waals surface area (Å²) in [4.78, 5) is 0. The highest BCUT2D eigenvalue weighted by molar-refractivity contribution is 7.84. The van der Waals surface area contributed by atoms with Gasteiger partial charge in [-0.25, -0.2) is 0 Å². The van der Waals surface area contributed by atoms with E-state index in [0.717, 1.165) is 19.4 Å². The predicted octanol–water partition coefficient (Wildman–Crippen LogP) is 3.08. The average Bonchev–Trinajstić information content (AvgIpc) is 2.76. The molecule has 1 aliphatic carbocycles. The van der Waals surface area contributed by atoms with E-state index in [4.69, 9.17) is 0 Å². The van der Waals surface area contributed by atoms with Crippen LogP contribution in [0.5, 0.6) is 0 Å². The quantitative estimate of drug-likeness (QED) is 0.897. The zero-order valence-corrected chi connectivity index (χ0v) is 13.1. The highest BCUT2D eigenvalue weighted by Crippen LogP contribution is 2.25. The van der Waals surface area contributed by atoms with Gasteiger partial charge in [0.2, 0.25) is 0 Å². The van der Waals surface area contributed by atoms with Crippen molar-refractivity contribution in [3.05, 3.63) is 34.9 Å². The Kier molecular flexibility index (Phi) is 5.17. The molecule has 0 aromatic heterocycles. The highest BCUT2D eigenvalue weighted by Gasteiger charge is 2.28. The SMILES string of the molecule is CCNC1CCC(S(=O)Cc2cc(C)cc(C)c2)C1. The lowest BCUT2D eigenvalue weighted by Gasteiger charge is -2.12. The maximum absolute atomic E-state index is 12.5. The molecule has 2 nitrogen and oxygen atoms in total. The third kappa shape index (κ3) is 4.15. The largest absolute Gasteiger partial charge is 0.314 e. The van der Waals surface area contributed by atoms with Gasteiger partial charge in [-0.2, -0.15) is 0 Å². The number of rotatable bonds is 5. The zero-order valence-electron chi connectivity index (χ0n) is 12.2. The molecule has 1 fully saturated rings. The Morgan fingerprint density at radius 3 is 2.53 bits per heavy atom. The normalized spacial score (nSPS) is 24.6. The van der Waals surface area contributed by atoms with Crippen LogP contribution in [-0.2, 0) is 16.6 Å². The first-order valence-corrected chi connectivity index (χ1v) is 8.64. The number of aryl methyl sites for hydroxylation is 2. The summed E-state index contributed by atoms with van der Waals surface area (Å²) in [5.41, 5.74) is 3.76. The molecule has 19 heavy (non-hydrogen) atoms. The molecule has 0 spiro atoms. The maximum Gasteiger partial charge on any atom is 0.0488 e. The van der Waals surface area contributed by atoms with Crippen molar-refractivity contribution in [1.29, 1.82) is 0 Å². The first-order valence-electron chi connectivity index (χ1n) is 7.26. The van der Waals surface area contributed by atoms with Gasteiger partial charge in [-0.15, -0.1) is 0 Å². The minimum atomic E-state index is -0.727. The van der Waals surface area contributed by atoms with Crippen molar-refractivity contribution in [2.24, 2.45) is 0 Å². The Labute approximate surface area is 119 Å². The highest BCUT2D eigenvalue weighted by atomic mass is 32.2. The van der Waals surface area contributed by atoms with Crippen LogP contribution in [0.1, 0.15) is 42.9 Å². The van der Waals surface area contributed by atoms with Gasteiger partial charge in [-0.1, -0.05) is 36.2 Å². The topological polar surface area (TPSA) is 29.1 Å². The number of hydrogen-bond acceptors (Lipinski definition) is 2. The van der Waals surface area contributed by atoms with Crippen LogP contribution in [0.3, 0.4) is 0 Å². The van der Waals surface area contributed by atoms with Gasteiger partial charge in [-0.05, 0) is 45.2 Å². The second kappa shape index (κ2) is 6.67. The van der Waals surface area contributed by atoms with Crippen LogP contribution in [0.15, 0.2) is 18.2 Å². The standard InChI is InChI=1S/C16H25NOS/c1-4-17-15-5-6-16(10-15)19(18)11-14-8-12(2)7-13(3)9-14/h7-9,15-17H,4-6,10-11H2,1-3H3. The molecule has 0 amide bonds. The molecule has 2 rings (SSSR count). The van der Waals surface area contributed by atoms with Gasteiger partial charge in [-0.3, -0.25) is 4.21 Å². The molecular weight excluding hydrogens is 254 g/mol. The molecule has 1 aromatic carbocycles. The van der Waals surface area contributed by atoms with Gasteiger partial charge >= 0.3 is 0 Å². The predicted molar refractivity (Wildman–Crippen MR) is 82.9 cm³/mol. The summed E-state index contributed by atoms with van der Waals surface area (Å²) in [6.07, 6.45) is 3.36. The third-order valence-electron chi connectivity index (χ3n) is 3.84. The van der Waals surface area contributed by atoms with Gasteiger partial charge < -0.3 is 5.32 Å². The van der Waals surface area contributed by atoms with Crippen molar-refractivity contribution in [3.8, 4) is 0 Å². The molecule has 3 unspecified atom stereocenters. The van der Waals surface area contributed by atoms with Crippen molar-refractivity contribution in [1.82, 2.24) is 5.32 Å². The molecule has 106 valence electrons. The fourth-order valence-corrected chi connectivity index (χ4v) is 4.66. The molecule has 0 aliphatic heterocycles. The van der Waals surface area contributed by atoms with Crippen molar-refractivity contribution < 1.29 is 4.21 Å². The molecule has 1 aliphatic rings. The van der Waals surface area contributed by atoms with Crippen LogP contribution in [-0.4, -0.2) is 22.0 Å². The van der Waals surface area contributed by atoms with Crippen LogP contribution in [0, 0.1) is 13.8 Å². The molecule has 0 saturated heterocycles. The molecule has 0 heterocycles. The summed E-state index contributed by atoms with van der Waals surface area (Å²) in [7, 11) is -0.727. The Hall–Kier alpha value is -0.670. The second-order valence-corrected chi connectivity index (χ2v) is 7.43. The number of hydrogen-bond donors (Lipinski definition) is 1. The van der Waals surface area contributed by atoms with Crippen LogP contribution in [0.4, 0.5) is 0 Å². The van der Waals surface area contributed by atoms with Gasteiger partial charge in [0.15, 0.2) is 0 Å². The molecule has 3 atom stereocenters. The van der Waals surface area contributed by atoms with Crippen LogP contribution >= 0.6 is 0 Å². The molecule has 3 heteroatoms. The van der Waals surface area contributed by atoms with E-state index in [2.05, 4.69) is 44.3 Å². The van der Waals surface area contributed by atoms with Crippen molar-refractivity contribution in [2.75, 3.05) is 6.54 Å². The average molecular weight is 279 g/mol. The Morgan fingerprint density at radius 1 is 1.21 bits per heavy atom. The summed E-state index contributed by atoms with van der Waals surface area (Å²) in [6, 6.07) is 7.09. The summed E-state index contributed by atoms with van der Waals surface area (Å²) in [5, 5.41) is 3.86. The second-order valence-electron chi connectivity index (χ2n) is 5.71. The van der Waals surface area contributed by atoms with E-state index in [1.54, 1.807) is 0 Å². The number of nitrogens with one attached hydrogen (secondary N) is 1. The lowest BCUT2D eigenvalue weighted by atomic mass is 10.1. The van der Waals surface area contributed by atoms with Crippen LogP contribution < -0.4 is 5.32 Å². The molecule has 0 bridgehead atoms. The zero-order chi connectivity index (χ0) is 13.8. The Bertz CT molecular complexity index is 438. The van der Waals surface area contributed by atoms with E-state index in [1.165, 1.54) is 23.1 Å². The Morgan fingerprint density at radius 2 is 1.89 bits per heavy atom. The lowest BCUT2D eigenvalue weighted by molar-refractivity contribution is 0.542. The van der Waals surface area contributed by atoms with E-state index in [0.29, 0.717) is 17.0 Å². The Balaban J connectivity index is 1.94. The molecule has 1 saturated carbocycles. The summed E-state index contributed by atoms with van der Waals surface area (Å²) < 4.78 is 12.5. The van der Waals surface area contributed by atoms with Gasteiger partial charge in [0.25, 0.3) is 0 Å². The minimum absolute atomic E-state index is 0.380. The first-order chi connectivity index (χ1) is 9.08. The fraction of sp³-hybridized carbons (Fsp3) is 0.625. The van der Waals surface area contributed by atoms with Crippen LogP contribution in [0.2, 0.25) is 0 Å². The van der Waals surface area contributed by atoms with E-state index in [1.807, 2.05) is 0 Å². The third-order valence-corrected chi connectivity index (χ3v) is 5.63. The van der Waals surface area contributed by atoms with E-state index in [9.17, 15) is 4.21 Å². The fourth-order valence-electron chi connectivity index (χ4n) is 3.09.